The molecule has 5 heterocycles. The van der Waals surface area contributed by atoms with E-state index >= 15 is 0 Å². The van der Waals surface area contributed by atoms with Crippen LogP contribution in [0.1, 0.15) is 35.0 Å². The van der Waals surface area contributed by atoms with Crippen LogP contribution in [0.3, 0.4) is 0 Å². The lowest BCUT2D eigenvalue weighted by Gasteiger charge is -2.21. The summed E-state index contributed by atoms with van der Waals surface area (Å²) in [7, 11) is 0. The van der Waals surface area contributed by atoms with E-state index in [0.717, 1.165) is 41.3 Å². The van der Waals surface area contributed by atoms with Crippen molar-refractivity contribution in [3.8, 4) is 5.82 Å². The predicted molar refractivity (Wildman–Crippen MR) is 99.8 cm³/mol. The molecule has 0 radical (unpaired) electrons. The summed E-state index contributed by atoms with van der Waals surface area (Å²) in [6.07, 6.45) is 6.50. The predicted octanol–water partition coefficient (Wildman–Crippen LogP) is 3.21. The van der Waals surface area contributed by atoms with Crippen molar-refractivity contribution in [1.82, 2.24) is 29.7 Å². The number of aromatic nitrogens is 5. The van der Waals surface area contributed by atoms with Crippen molar-refractivity contribution in [2.45, 2.75) is 32.6 Å². The summed E-state index contributed by atoms with van der Waals surface area (Å²) >= 11 is 1.87. The number of piperidine rings is 1. The zero-order valence-corrected chi connectivity index (χ0v) is 15.2. The van der Waals surface area contributed by atoms with Crippen LogP contribution in [-0.2, 0) is 0 Å². The summed E-state index contributed by atoms with van der Waals surface area (Å²) < 4.78 is 5.01. The number of rotatable bonds is 2. The van der Waals surface area contributed by atoms with Crippen LogP contribution in [0, 0.1) is 13.8 Å². The van der Waals surface area contributed by atoms with E-state index in [2.05, 4.69) is 27.7 Å². The van der Waals surface area contributed by atoms with Crippen molar-refractivity contribution in [3.05, 3.63) is 40.8 Å². The van der Waals surface area contributed by atoms with Gasteiger partial charge in [-0.15, -0.1) is 16.4 Å². The minimum atomic E-state index is 0.681. The van der Waals surface area contributed by atoms with Gasteiger partial charge < -0.3 is 5.32 Å². The molecule has 0 bridgehead atoms. The van der Waals surface area contributed by atoms with Gasteiger partial charge in [-0.05, 0) is 51.8 Å². The third kappa shape index (κ3) is 2.54. The fraction of sp³-hybridized carbons (Fsp3) is 0.389. The number of hydrogen-bond donors (Lipinski definition) is 1. The van der Waals surface area contributed by atoms with Gasteiger partial charge in [-0.25, -0.2) is 9.20 Å². The van der Waals surface area contributed by atoms with E-state index < -0.39 is 0 Å². The molecule has 7 heteroatoms. The van der Waals surface area contributed by atoms with Crippen LogP contribution in [0.2, 0.25) is 0 Å². The second-order valence-electron chi connectivity index (χ2n) is 6.80. The molecule has 1 aliphatic rings. The molecule has 0 unspecified atom stereocenters. The van der Waals surface area contributed by atoms with E-state index in [4.69, 9.17) is 5.10 Å². The van der Waals surface area contributed by atoms with Gasteiger partial charge in [0.1, 0.15) is 5.52 Å². The Morgan fingerprint density at radius 1 is 1.12 bits per heavy atom. The van der Waals surface area contributed by atoms with Crippen molar-refractivity contribution in [2.75, 3.05) is 13.1 Å². The first-order chi connectivity index (χ1) is 12.2. The molecule has 1 saturated heterocycles. The number of fused-ring (bicyclic) bond motifs is 2. The fourth-order valence-electron chi connectivity index (χ4n) is 3.66. The van der Waals surface area contributed by atoms with Gasteiger partial charge in [0, 0.05) is 10.9 Å². The summed E-state index contributed by atoms with van der Waals surface area (Å²) in [5.41, 5.74) is 4.05. The largest absolute Gasteiger partial charge is 0.317 e. The maximum absolute atomic E-state index is 4.76. The lowest BCUT2D eigenvalue weighted by molar-refractivity contribution is 0.465. The first-order valence-electron chi connectivity index (χ1n) is 8.71. The third-order valence-corrected chi connectivity index (χ3v) is 6.16. The van der Waals surface area contributed by atoms with Crippen LogP contribution in [0.5, 0.6) is 0 Å². The Morgan fingerprint density at radius 3 is 2.76 bits per heavy atom. The first-order valence-corrected chi connectivity index (χ1v) is 9.53. The van der Waals surface area contributed by atoms with E-state index in [-0.39, 0.29) is 0 Å². The van der Waals surface area contributed by atoms with Gasteiger partial charge in [-0.2, -0.15) is 5.10 Å². The molecule has 4 aromatic rings. The Hall–Kier alpha value is -2.25. The number of nitrogens with zero attached hydrogens (tertiary/aromatic N) is 5. The molecule has 25 heavy (non-hydrogen) atoms. The lowest BCUT2D eigenvalue weighted by Crippen LogP contribution is -2.26. The molecule has 6 nitrogen and oxygen atoms in total. The minimum Gasteiger partial charge on any atom is -0.317 e. The van der Waals surface area contributed by atoms with Crippen molar-refractivity contribution < 1.29 is 0 Å². The highest BCUT2D eigenvalue weighted by atomic mass is 32.1. The number of hydrogen-bond acceptors (Lipinski definition) is 5. The van der Waals surface area contributed by atoms with E-state index in [1.54, 1.807) is 0 Å². The van der Waals surface area contributed by atoms with Crippen molar-refractivity contribution in [3.63, 3.8) is 0 Å². The maximum Gasteiger partial charge on any atom is 0.176 e. The highest BCUT2D eigenvalue weighted by molar-refractivity contribution is 7.19. The summed E-state index contributed by atoms with van der Waals surface area (Å²) in [5, 5.41) is 12.9. The monoisotopic (exact) mass is 352 g/mol. The SMILES string of the molecule is Cc1cn2nc(-n3cc4sc(C5CCNCC5)cc4n3)cc2c(C)n1. The fourth-order valence-corrected chi connectivity index (χ4v) is 4.84. The van der Waals surface area contributed by atoms with Gasteiger partial charge >= 0.3 is 0 Å². The second kappa shape index (κ2) is 5.64. The highest BCUT2D eigenvalue weighted by Crippen LogP contribution is 2.35. The molecule has 0 aromatic carbocycles. The molecule has 4 aromatic heterocycles. The minimum absolute atomic E-state index is 0.681. The molecule has 0 spiro atoms. The average Bonchev–Trinajstić information content (AvgIpc) is 3.27. The molecule has 0 aliphatic carbocycles. The Kier molecular flexibility index (Phi) is 3.39. The van der Waals surface area contributed by atoms with Crippen molar-refractivity contribution in [1.29, 1.82) is 0 Å². The molecule has 0 saturated carbocycles. The van der Waals surface area contributed by atoms with Gasteiger partial charge in [0.15, 0.2) is 5.82 Å². The Morgan fingerprint density at radius 2 is 1.96 bits per heavy atom. The average molecular weight is 352 g/mol. The summed E-state index contributed by atoms with van der Waals surface area (Å²) in [6.45, 7) is 6.24. The number of thiophene rings is 1. The Bertz CT molecular complexity index is 1030. The van der Waals surface area contributed by atoms with E-state index in [9.17, 15) is 0 Å². The molecule has 1 fully saturated rings. The highest BCUT2D eigenvalue weighted by Gasteiger charge is 2.19. The lowest BCUT2D eigenvalue weighted by atomic mass is 9.96. The van der Waals surface area contributed by atoms with Gasteiger partial charge in [0.05, 0.1) is 34.0 Å². The molecule has 1 N–H and O–H groups in total. The molecule has 0 amide bonds. The zero-order valence-electron chi connectivity index (χ0n) is 14.4. The molecule has 1 aliphatic heterocycles. The van der Waals surface area contributed by atoms with Crippen LogP contribution >= 0.6 is 11.3 Å². The smallest absolute Gasteiger partial charge is 0.176 e. The normalized spacial score (nSPS) is 16.2. The summed E-state index contributed by atoms with van der Waals surface area (Å²) in [6, 6.07) is 4.31. The van der Waals surface area contributed by atoms with Crippen molar-refractivity contribution >= 4 is 27.1 Å². The Balaban J connectivity index is 1.52. The number of aryl methyl sites for hydroxylation is 2. The maximum atomic E-state index is 4.76. The molecule has 0 atom stereocenters. The number of nitrogens with one attached hydrogen (secondary N) is 1. The molecule has 128 valence electrons. The van der Waals surface area contributed by atoms with Crippen molar-refractivity contribution in [2.24, 2.45) is 0 Å². The molecular formula is C18H20N6S. The second-order valence-corrected chi connectivity index (χ2v) is 7.91. The van der Waals surface area contributed by atoms with E-state index in [1.165, 1.54) is 22.4 Å². The Labute approximate surface area is 149 Å². The summed E-state index contributed by atoms with van der Waals surface area (Å²) in [5.74, 6) is 1.52. The summed E-state index contributed by atoms with van der Waals surface area (Å²) in [4.78, 5) is 5.98. The van der Waals surface area contributed by atoms with Gasteiger partial charge in [-0.3, -0.25) is 4.98 Å². The van der Waals surface area contributed by atoms with E-state index in [0.29, 0.717) is 5.92 Å². The van der Waals surface area contributed by atoms with Gasteiger partial charge in [-0.1, -0.05) is 0 Å². The first kappa shape index (κ1) is 15.0. The standard InChI is InChI=1S/C18H20N6S/c1-11-9-23-15(12(2)20-11)8-18(22-23)24-10-17-14(21-24)7-16(25-17)13-3-5-19-6-4-13/h7-10,13,19H,3-6H2,1-2H3. The van der Waals surface area contributed by atoms with Crippen LogP contribution in [0.4, 0.5) is 0 Å². The zero-order chi connectivity index (χ0) is 17.0. The molecular weight excluding hydrogens is 332 g/mol. The van der Waals surface area contributed by atoms with Crippen LogP contribution in [0.25, 0.3) is 21.6 Å². The van der Waals surface area contributed by atoms with Crippen LogP contribution in [0.15, 0.2) is 24.5 Å². The molecule has 5 rings (SSSR count). The van der Waals surface area contributed by atoms with Gasteiger partial charge in [0.2, 0.25) is 0 Å². The third-order valence-electron chi connectivity index (χ3n) is 4.94. The topological polar surface area (TPSA) is 60.0 Å². The van der Waals surface area contributed by atoms with Crippen LogP contribution < -0.4 is 5.32 Å². The van der Waals surface area contributed by atoms with Gasteiger partial charge in [0.25, 0.3) is 0 Å². The quantitative estimate of drug-likeness (QED) is 0.602. The van der Waals surface area contributed by atoms with E-state index in [1.807, 2.05) is 46.6 Å². The van der Waals surface area contributed by atoms with Crippen LogP contribution in [-0.4, -0.2) is 37.5 Å².